The Morgan fingerprint density at radius 3 is 2.45 bits per heavy atom. The molecule has 1 aliphatic carbocycles. The van der Waals surface area contributed by atoms with Crippen molar-refractivity contribution in [3.63, 3.8) is 0 Å². The molecule has 0 bridgehead atoms. The molecule has 22 heavy (non-hydrogen) atoms. The first kappa shape index (κ1) is 16.7. The third-order valence-electron chi connectivity index (χ3n) is 3.94. The van der Waals surface area contributed by atoms with E-state index in [0.717, 1.165) is 19.3 Å². The molecule has 3 fully saturated rings. The lowest BCUT2D eigenvalue weighted by Crippen LogP contribution is -2.30. The SMILES string of the molecule is C=CC=C.O=C(O)CCCCC(=O)OC1CCCC23OC12O3. The first-order valence-corrected chi connectivity index (χ1v) is 7.55. The lowest BCUT2D eigenvalue weighted by molar-refractivity contribution is -0.169. The number of aliphatic carboxylic acids is 1. The minimum atomic E-state index is -0.836. The summed E-state index contributed by atoms with van der Waals surface area (Å²) in [6, 6.07) is 0. The first-order chi connectivity index (χ1) is 10.5. The maximum atomic E-state index is 11.6. The summed E-state index contributed by atoms with van der Waals surface area (Å²) in [5.74, 6) is -2.15. The van der Waals surface area contributed by atoms with Crippen LogP contribution < -0.4 is 0 Å². The molecule has 0 amide bonds. The lowest BCUT2D eigenvalue weighted by atomic mass is 9.98. The molecule has 122 valence electrons. The van der Waals surface area contributed by atoms with E-state index in [9.17, 15) is 9.59 Å². The number of carbonyl (C=O) groups is 2. The van der Waals surface area contributed by atoms with E-state index >= 15 is 0 Å². The van der Waals surface area contributed by atoms with Crippen molar-refractivity contribution < 1.29 is 28.9 Å². The number of epoxide rings is 2. The normalized spacial score (nSPS) is 33.2. The summed E-state index contributed by atoms with van der Waals surface area (Å²) in [6.45, 7) is 6.72. The van der Waals surface area contributed by atoms with Crippen LogP contribution in [0.25, 0.3) is 0 Å². The van der Waals surface area contributed by atoms with E-state index in [1.165, 1.54) is 0 Å². The van der Waals surface area contributed by atoms with Crippen molar-refractivity contribution in [1.29, 1.82) is 0 Å². The van der Waals surface area contributed by atoms with Gasteiger partial charge in [0, 0.05) is 19.3 Å². The molecule has 0 spiro atoms. The largest absolute Gasteiger partial charge is 0.481 e. The first-order valence-electron chi connectivity index (χ1n) is 7.55. The van der Waals surface area contributed by atoms with Gasteiger partial charge in [-0.3, -0.25) is 9.59 Å². The van der Waals surface area contributed by atoms with E-state index in [0.29, 0.717) is 12.8 Å². The van der Waals surface area contributed by atoms with Crippen molar-refractivity contribution in [2.75, 3.05) is 0 Å². The number of ether oxygens (including phenoxy) is 3. The van der Waals surface area contributed by atoms with E-state index in [-0.39, 0.29) is 24.9 Å². The maximum absolute atomic E-state index is 11.6. The number of carboxylic acids is 1. The molecule has 0 radical (unpaired) electrons. The highest BCUT2D eigenvalue weighted by atomic mass is 17.1. The molecule has 1 unspecified atom stereocenters. The second-order valence-corrected chi connectivity index (χ2v) is 5.57. The predicted molar refractivity (Wildman–Crippen MR) is 77.9 cm³/mol. The molecule has 0 aromatic carbocycles. The number of hydrogen-bond donors (Lipinski definition) is 1. The lowest BCUT2D eigenvalue weighted by Gasteiger charge is -2.17. The molecule has 6 nitrogen and oxygen atoms in total. The summed E-state index contributed by atoms with van der Waals surface area (Å²) in [6.07, 6.45) is 7.00. The van der Waals surface area contributed by atoms with Gasteiger partial charge in [-0.25, -0.2) is 0 Å². The molecule has 1 saturated carbocycles. The second-order valence-electron chi connectivity index (χ2n) is 5.57. The van der Waals surface area contributed by atoms with E-state index in [2.05, 4.69) is 13.2 Å². The number of unbranched alkanes of at least 4 members (excludes halogenated alkanes) is 1. The summed E-state index contributed by atoms with van der Waals surface area (Å²) in [5.41, 5.74) is 0. The van der Waals surface area contributed by atoms with Crippen molar-refractivity contribution >= 4 is 11.9 Å². The molecule has 2 aliphatic heterocycles. The van der Waals surface area contributed by atoms with Gasteiger partial charge in [-0.2, -0.15) is 0 Å². The molecule has 1 N–H and O–H groups in total. The molecule has 2 saturated heterocycles. The number of esters is 1. The van der Waals surface area contributed by atoms with Crippen LogP contribution in [0, 0.1) is 0 Å². The summed E-state index contributed by atoms with van der Waals surface area (Å²) in [7, 11) is 0. The Morgan fingerprint density at radius 1 is 1.23 bits per heavy atom. The fourth-order valence-corrected chi connectivity index (χ4v) is 2.71. The third-order valence-corrected chi connectivity index (χ3v) is 3.94. The van der Waals surface area contributed by atoms with E-state index < -0.39 is 17.5 Å². The number of carboxylic acid groups (broad SMARTS) is 1. The van der Waals surface area contributed by atoms with Gasteiger partial charge >= 0.3 is 11.9 Å². The van der Waals surface area contributed by atoms with Crippen LogP contribution in [0.5, 0.6) is 0 Å². The zero-order chi connectivity index (χ0) is 16.2. The Hall–Kier alpha value is -1.66. The van der Waals surface area contributed by atoms with E-state index in [4.69, 9.17) is 19.3 Å². The number of hydrogen-bond acceptors (Lipinski definition) is 5. The molecule has 2 heterocycles. The van der Waals surface area contributed by atoms with Crippen molar-refractivity contribution in [3.05, 3.63) is 25.3 Å². The Bertz CT molecular complexity index is 457. The van der Waals surface area contributed by atoms with Crippen molar-refractivity contribution in [3.8, 4) is 0 Å². The standard InChI is InChI=1S/C12H16O6.C4H6/c13-9(14)5-1-2-6-10(15)16-8-4-3-7-11-12(8,17-11)18-11;1-3-4-2/h8H,1-7H2,(H,13,14);3-4H,1-2H2. The van der Waals surface area contributed by atoms with Crippen LogP contribution in [0.3, 0.4) is 0 Å². The summed E-state index contributed by atoms with van der Waals surface area (Å²) in [4.78, 5) is 21.9. The number of carbonyl (C=O) groups excluding carboxylic acids is 1. The Balaban J connectivity index is 0.000000396. The minimum absolute atomic E-state index is 0.0932. The van der Waals surface area contributed by atoms with Crippen LogP contribution in [-0.4, -0.2) is 34.7 Å². The summed E-state index contributed by atoms with van der Waals surface area (Å²) >= 11 is 0. The fourth-order valence-electron chi connectivity index (χ4n) is 2.71. The predicted octanol–water partition coefficient (Wildman–Crippen LogP) is 2.54. The molecular formula is C16H22O6. The van der Waals surface area contributed by atoms with Crippen LogP contribution in [-0.2, 0) is 23.8 Å². The average Bonchev–Trinajstić information content (AvgIpc) is 3.31. The van der Waals surface area contributed by atoms with Crippen LogP contribution in [0.4, 0.5) is 0 Å². The van der Waals surface area contributed by atoms with Gasteiger partial charge in [0.1, 0.15) is 0 Å². The van der Waals surface area contributed by atoms with Gasteiger partial charge in [-0.05, 0) is 25.7 Å². The van der Waals surface area contributed by atoms with E-state index in [1.54, 1.807) is 12.2 Å². The highest BCUT2D eigenvalue weighted by Crippen LogP contribution is 2.74. The Labute approximate surface area is 129 Å². The van der Waals surface area contributed by atoms with Crippen molar-refractivity contribution in [2.24, 2.45) is 0 Å². The van der Waals surface area contributed by atoms with Crippen LogP contribution in [0.1, 0.15) is 44.9 Å². The van der Waals surface area contributed by atoms with Gasteiger partial charge in [0.2, 0.25) is 5.79 Å². The fraction of sp³-hybridized carbons (Fsp3) is 0.625. The molecule has 0 aromatic heterocycles. The number of rotatable bonds is 7. The van der Waals surface area contributed by atoms with Gasteiger partial charge in [0.25, 0.3) is 5.79 Å². The third kappa shape index (κ3) is 3.39. The van der Waals surface area contributed by atoms with Gasteiger partial charge in [0.15, 0.2) is 6.10 Å². The molecule has 6 heteroatoms. The maximum Gasteiger partial charge on any atom is 0.306 e. The Kier molecular flexibility index (Phi) is 5.03. The molecule has 1 atom stereocenters. The van der Waals surface area contributed by atoms with Gasteiger partial charge in [-0.15, -0.1) is 0 Å². The summed E-state index contributed by atoms with van der Waals surface area (Å²) < 4.78 is 16.2. The highest BCUT2D eigenvalue weighted by Gasteiger charge is 2.95. The van der Waals surface area contributed by atoms with E-state index in [1.807, 2.05) is 0 Å². The highest BCUT2D eigenvalue weighted by molar-refractivity contribution is 5.70. The quantitative estimate of drug-likeness (QED) is 0.336. The van der Waals surface area contributed by atoms with Crippen molar-refractivity contribution in [1.82, 2.24) is 0 Å². The zero-order valence-corrected chi connectivity index (χ0v) is 12.6. The smallest absolute Gasteiger partial charge is 0.306 e. The van der Waals surface area contributed by atoms with Gasteiger partial charge in [-0.1, -0.05) is 25.3 Å². The monoisotopic (exact) mass is 310 g/mol. The minimum Gasteiger partial charge on any atom is -0.481 e. The molecule has 0 aromatic rings. The second kappa shape index (κ2) is 6.62. The van der Waals surface area contributed by atoms with Crippen molar-refractivity contribution in [2.45, 2.75) is 62.6 Å². The molecule has 3 aliphatic rings. The number of allylic oxidation sites excluding steroid dienone is 2. The molecular weight excluding hydrogens is 288 g/mol. The average molecular weight is 310 g/mol. The van der Waals surface area contributed by atoms with Crippen LogP contribution >= 0.6 is 0 Å². The topological polar surface area (TPSA) is 88.7 Å². The Morgan fingerprint density at radius 2 is 1.86 bits per heavy atom. The molecule has 3 rings (SSSR count). The van der Waals surface area contributed by atoms with Crippen LogP contribution in [0.15, 0.2) is 25.3 Å². The van der Waals surface area contributed by atoms with Gasteiger partial charge < -0.3 is 19.3 Å². The van der Waals surface area contributed by atoms with Gasteiger partial charge in [0.05, 0.1) is 0 Å². The summed E-state index contributed by atoms with van der Waals surface area (Å²) in [5, 5.41) is 8.47. The van der Waals surface area contributed by atoms with Crippen LogP contribution in [0.2, 0.25) is 0 Å². The zero-order valence-electron chi connectivity index (χ0n) is 12.6.